The second-order valence-corrected chi connectivity index (χ2v) is 10.6. The van der Waals surface area contributed by atoms with Gasteiger partial charge in [0.2, 0.25) is 5.91 Å². The summed E-state index contributed by atoms with van der Waals surface area (Å²) in [6.45, 7) is 3.63. The first-order chi connectivity index (χ1) is 18.2. The molecule has 3 aromatic rings. The number of carbonyl (C=O) groups excluding carboxylic acids is 2. The molecule has 1 saturated carbocycles. The van der Waals surface area contributed by atoms with Gasteiger partial charge in [-0.05, 0) is 41.7 Å². The van der Waals surface area contributed by atoms with E-state index >= 15 is 0 Å². The number of benzene rings is 3. The van der Waals surface area contributed by atoms with Crippen LogP contribution in [0.1, 0.15) is 65.1 Å². The lowest BCUT2D eigenvalue weighted by atomic mass is 9.90. The van der Waals surface area contributed by atoms with Crippen LogP contribution in [0.3, 0.4) is 0 Å². The Morgan fingerprint density at radius 3 is 2.00 bits per heavy atom. The van der Waals surface area contributed by atoms with Crippen LogP contribution in [0, 0.1) is 0 Å². The predicted octanol–water partition coefficient (Wildman–Crippen LogP) is 5.46. The maximum Gasteiger partial charge on any atom is 0.254 e. The average molecular weight is 494 g/mol. The number of hydrogen-bond donors (Lipinski definition) is 0. The highest BCUT2D eigenvalue weighted by Gasteiger charge is 2.34. The Labute approximate surface area is 219 Å². The third-order valence-corrected chi connectivity index (χ3v) is 8.41. The summed E-state index contributed by atoms with van der Waals surface area (Å²) in [4.78, 5) is 33.5. The van der Waals surface area contributed by atoms with E-state index < -0.39 is 0 Å². The Morgan fingerprint density at radius 1 is 0.757 bits per heavy atom. The van der Waals surface area contributed by atoms with Crippen molar-refractivity contribution in [3.8, 4) is 0 Å². The van der Waals surface area contributed by atoms with Crippen LogP contribution in [-0.4, -0.2) is 53.8 Å². The van der Waals surface area contributed by atoms with E-state index in [0.29, 0.717) is 19.1 Å². The molecule has 0 unspecified atom stereocenters. The summed E-state index contributed by atoms with van der Waals surface area (Å²) >= 11 is 0. The average Bonchev–Trinajstić information content (AvgIpc) is 3.30. The van der Waals surface area contributed by atoms with Crippen LogP contribution in [0.25, 0.3) is 0 Å². The molecule has 190 valence electrons. The summed E-state index contributed by atoms with van der Waals surface area (Å²) < 4.78 is 0. The van der Waals surface area contributed by atoms with Gasteiger partial charge in [-0.2, -0.15) is 0 Å². The maximum atomic E-state index is 13.8. The van der Waals surface area contributed by atoms with Crippen LogP contribution >= 0.6 is 0 Å². The summed E-state index contributed by atoms with van der Waals surface area (Å²) in [6, 6.07) is 27.0. The molecular formula is C32H35N3O2. The molecule has 37 heavy (non-hydrogen) atoms. The van der Waals surface area contributed by atoms with Gasteiger partial charge in [-0.1, -0.05) is 86.0 Å². The second kappa shape index (κ2) is 10.4. The summed E-state index contributed by atoms with van der Waals surface area (Å²) in [5, 5.41) is 0. The van der Waals surface area contributed by atoms with Crippen LogP contribution < -0.4 is 4.90 Å². The van der Waals surface area contributed by atoms with Crippen LogP contribution in [0.15, 0.2) is 78.9 Å². The van der Waals surface area contributed by atoms with Gasteiger partial charge in [0.1, 0.15) is 0 Å². The molecule has 0 aromatic heterocycles. The Morgan fingerprint density at radius 2 is 1.38 bits per heavy atom. The molecule has 2 heterocycles. The van der Waals surface area contributed by atoms with Gasteiger partial charge in [-0.15, -0.1) is 0 Å². The molecule has 2 fully saturated rings. The number of fused-ring (bicyclic) bond motifs is 1. The van der Waals surface area contributed by atoms with Crippen LogP contribution in [-0.2, 0) is 11.3 Å². The smallest absolute Gasteiger partial charge is 0.254 e. The molecule has 2 amide bonds. The van der Waals surface area contributed by atoms with Crippen LogP contribution in [0.4, 0.5) is 5.69 Å². The summed E-state index contributed by atoms with van der Waals surface area (Å²) in [6.07, 6.45) is 6.02. The summed E-state index contributed by atoms with van der Waals surface area (Å²) in [5.74, 6) is 0.0627. The largest absolute Gasteiger partial charge is 0.368 e. The second-order valence-electron chi connectivity index (χ2n) is 10.6. The van der Waals surface area contributed by atoms with E-state index in [0.717, 1.165) is 60.4 Å². The third kappa shape index (κ3) is 4.75. The minimum Gasteiger partial charge on any atom is -0.368 e. The molecule has 0 bridgehead atoms. The number of piperazine rings is 1. The highest BCUT2D eigenvalue weighted by atomic mass is 16.2. The fraction of sp³-hybridized carbons (Fsp3) is 0.375. The molecule has 5 heteroatoms. The van der Waals surface area contributed by atoms with Crippen LogP contribution in [0.2, 0.25) is 0 Å². The Balaban J connectivity index is 1.14. The Bertz CT molecular complexity index is 1210. The molecule has 1 saturated heterocycles. The fourth-order valence-electron chi connectivity index (χ4n) is 6.33. The molecule has 3 aliphatic rings. The molecule has 0 N–H and O–H groups in total. The molecule has 0 radical (unpaired) electrons. The van der Waals surface area contributed by atoms with Crippen molar-refractivity contribution in [1.29, 1.82) is 0 Å². The predicted molar refractivity (Wildman–Crippen MR) is 147 cm³/mol. The van der Waals surface area contributed by atoms with Crippen molar-refractivity contribution in [3.63, 3.8) is 0 Å². The zero-order valence-corrected chi connectivity index (χ0v) is 21.4. The monoisotopic (exact) mass is 493 g/mol. The van der Waals surface area contributed by atoms with Gasteiger partial charge in [-0.25, -0.2) is 0 Å². The van der Waals surface area contributed by atoms with Gasteiger partial charge in [0, 0.05) is 50.0 Å². The van der Waals surface area contributed by atoms with Crippen LogP contribution in [0.5, 0.6) is 0 Å². The summed E-state index contributed by atoms with van der Waals surface area (Å²) in [7, 11) is 0. The lowest BCUT2D eigenvalue weighted by Gasteiger charge is -2.38. The first-order valence-corrected chi connectivity index (χ1v) is 13.8. The zero-order chi connectivity index (χ0) is 25.2. The van der Waals surface area contributed by atoms with Gasteiger partial charge in [-0.3, -0.25) is 9.59 Å². The number of rotatable bonds is 5. The molecule has 5 nitrogen and oxygen atoms in total. The van der Waals surface area contributed by atoms with Crippen molar-refractivity contribution in [2.24, 2.45) is 0 Å². The lowest BCUT2D eigenvalue weighted by molar-refractivity contribution is -0.132. The number of amides is 2. The fourth-order valence-corrected chi connectivity index (χ4v) is 6.33. The zero-order valence-electron chi connectivity index (χ0n) is 21.4. The van der Waals surface area contributed by atoms with E-state index in [1.807, 2.05) is 65.6 Å². The van der Waals surface area contributed by atoms with Gasteiger partial charge < -0.3 is 14.7 Å². The van der Waals surface area contributed by atoms with Gasteiger partial charge >= 0.3 is 0 Å². The maximum absolute atomic E-state index is 13.8. The van der Waals surface area contributed by atoms with Gasteiger partial charge in [0.05, 0.1) is 5.92 Å². The van der Waals surface area contributed by atoms with Crippen molar-refractivity contribution < 1.29 is 9.59 Å². The van der Waals surface area contributed by atoms with E-state index in [1.165, 1.54) is 19.3 Å². The van der Waals surface area contributed by atoms with Crippen molar-refractivity contribution in [1.82, 2.24) is 9.80 Å². The molecule has 0 spiro atoms. The quantitative estimate of drug-likeness (QED) is 0.474. The molecule has 2 aliphatic heterocycles. The van der Waals surface area contributed by atoms with Crippen molar-refractivity contribution >= 4 is 17.5 Å². The van der Waals surface area contributed by atoms with Crippen molar-refractivity contribution in [3.05, 3.63) is 101 Å². The molecule has 1 aliphatic carbocycles. The van der Waals surface area contributed by atoms with E-state index in [4.69, 9.17) is 0 Å². The molecule has 3 aromatic carbocycles. The van der Waals surface area contributed by atoms with E-state index in [9.17, 15) is 9.59 Å². The lowest BCUT2D eigenvalue weighted by Crippen LogP contribution is -2.50. The third-order valence-electron chi connectivity index (χ3n) is 8.41. The van der Waals surface area contributed by atoms with Gasteiger partial charge in [0.25, 0.3) is 5.91 Å². The molecule has 6 rings (SSSR count). The standard InChI is InChI=1S/C32H35N3O2/c36-31-29-22-28(17-16-26(29)23-35(31)27-14-8-3-9-15-27)33-18-20-34(21-19-33)32(37)30(24-10-4-1-5-11-24)25-12-6-2-7-13-25/h1-2,4-7,10-13,16-17,22,27,30H,3,8-9,14-15,18-21,23H2. The normalized spacial score (nSPS) is 18.4. The van der Waals surface area contributed by atoms with E-state index in [2.05, 4.69) is 28.0 Å². The number of hydrogen-bond acceptors (Lipinski definition) is 3. The first kappa shape index (κ1) is 23.8. The minimum absolute atomic E-state index is 0.157. The highest BCUT2D eigenvalue weighted by Crippen LogP contribution is 2.33. The highest BCUT2D eigenvalue weighted by molar-refractivity contribution is 5.99. The number of anilines is 1. The number of nitrogens with zero attached hydrogens (tertiary/aromatic N) is 3. The van der Waals surface area contributed by atoms with E-state index in [-0.39, 0.29) is 17.7 Å². The Hall–Kier alpha value is -3.60. The Kier molecular flexibility index (Phi) is 6.69. The van der Waals surface area contributed by atoms with Gasteiger partial charge in [0.15, 0.2) is 0 Å². The van der Waals surface area contributed by atoms with Crippen molar-refractivity contribution in [2.75, 3.05) is 31.1 Å². The topological polar surface area (TPSA) is 43.9 Å². The minimum atomic E-state index is -0.294. The number of carbonyl (C=O) groups is 2. The molecular weight excluding hydrogens is 458 g/mol. The SMILES string of the molecule is O=C(C(c1ccccc1)c1ccccc1)N1CCN(c2ccc3c(c2)C(=O)N(C2CCCCC2)C3)CC1. The summed E-state index contributed by atoms with van der Waals surface area (Å²) in [5.41, 5.74) is 5.17. The molecule has 0 atom stereocenters. The first-order valence-electron chi connectivity index (χ1n) is 13.8. The van der Waals surface area contributed by atoms with Crippen molar-refractivity contribution in [2.45, 2.75) is 50.6 Å². The van der Waals surface area contributed by atoms with E-state index in [1.54, 1.807) is 0 Å².